The summed E-state index contributed by atoms with van der Waals surface area (Å²) in [5.74, 6) is 0.978. The van der Waals surface area contributed by atoms with Crippen molar-refractivity contribution in [3.05, 3.63) is 47.9 Å². The van der Waals surface area contributed by atoms with Crippen LogP contribution in [-0.4, -0.2) is 6.04 Å². The molecule has 0 aliphatic rings. The van der Waals surface area contributed by atoms with E-state index in [4.69, 9.17) is 15.4 Å². The van der Waals surface area contributed by atoms with Crippen LogP contribution in [0.3, 0.4) is 0 Å². The van der Waals surface area contributed by atoms with Crippen molar-refractivity contribution in [1.29, 1.82) is 5.26 Å². The second-order valence-corrected chi connectivity index (χ2v) is 4.58. The van der Waals surface area contributed by atoms with E-state index >= 15 is 0 Å². The van der Waals surface area contributed by atoms with Crippen LogP contribution in [0.4, 0.5) is 11.4 Å². The highest BCUT2D eigenvalue weighted by Gasteiger charge is 2.07. The number of nitrogen functional groups attached to an aromatic ring is 1. The van der Waals surface area contributed by atoms with Crippen LogP contribution in [0.2, 0.25) is 0 Å². The maximum Gasteiger partial charge on any atom is 0.103 e. The lowest BCUT2D eigenvalue weighted by molar-refractivity contribution is 0.495. The topological polar surface area (TPSA) is 75.0 Å². The van der Waals surface area contributed by atoms with Crippen LogP contribution in [0.15, 0.2) is 41.0 Å². The SMILES string of the molecule is CC(CCc1ccco1)Nc1ccc(N)cc1C#N. The lowest BCUT2D eigenvalue weighted by atomic mass is 10.1. The van der Waals surface area contributed by atoms with E-state index in [-0.39, 0.29) is 6.04 Å². The predicted octanol–water partition coefficient (Wildman–Crippen LogP) is 3.17. The molecule has 0 aliphatic carbocycles. The van der Waals surface area contributed by atoms with Crippen LogP contribution in [0.5, 0.6) is 0 Å². The van der Waals surface area contributed by atoms with Crippen molar-refractivity contribution in [3.63, 3.8) is 0 Å². The summed E-state index contributed by atoms with van der Waals surface area (Å²) >= 11 is 0. The Morgan fingerprint density at radius 2 is 2.26 bits per heavy atom. The molecule has 1 atom stereocenters. The molecule has 4 heteroatoms. The van der Waals surface area contributed by atoms with Crippen molar-refractivity contribution in [2.24, 2.45) is 0 Å². The minimum atomic E-state index is 0.251. The molecule has 0 saturated carbocycles. The fourth-order valence-corrected chi connectivity index (χ4v) is 1.93. The van der Waals surface area contributed by atoms with Gasteiger partial charge in [-0.3, -0.25) is 0 Å². The second kappa shape index (κ2) is 5.96. The van der Waals surface area contributed by atoms with Gasteiger partial charge in [-0.1, -0.05) is 0 Å². The fraction of sp³-hybridized carbons (Fsp3) is 0.267. The number of hydrogen-bond acceptors (Lipinski definition) is 4. The number of nitriles is 1. The van der Waals surface area contributed by atoms with Crippen molar-refractivity contribution in [3.8, 4) is 6.07 Å². The first-order valence-corrected chi connectivity index (χ1v) is 6.27. The number of nitrogens with zero attached hydrogens (tertiary/aromatic N) is 1. The third-order valence-electron chi connectivity index (χ3n) is 2.97. The zero-order valence-electron chi connectivity index (χ0n) is 10.9. The van der Waals surface area contributed by atoms with E-state index in [0.717, 1.165) is 24.3 Å². The molecule has 1 aromatic heterocycles. The van der Waals surface area contributed by atoms with Gasteiger partial charge in [-0.05, 0) is 43.7 Å². The lowest BCUT2D eigenvalue weighted by Crippen LogP contribution is -2.16. The van der Waals surface area contributed by atoms with Crippen molar-refractivity contribution in [2.75, 3.05) is 11.1 Å². The molecule has 1 aromatic carbocycles. The molecule has 0 bridgehead atoms. The van der Waals surface area contributed by atoms with Gasteiger partial charge in [-0.15, -0.1) is 0 Å². The largest absolute Gasteiger partial charge is 0.469 e. The Kier molecular flexibility index (Phi) is 4.09. The van der Waals surface area contributed by atoms with Crippen LogP contribution >= 0.6 is 0 Å². The van der Waals surface area contributed by atoms with Crippen molar-refractivity contribution in [1.82, 2.24) is 0 Å². The van der Waals surface area contributed by atoms with Gasteiger partial charge in [0.1, 0.15) is 11.8 Å². The molecule has 98 valence electrons. The molecule has 2 aromatic rings. The van der Waals surface area contributed by atoms with Gasteiger partial charge in [0.2, 0.25) is 0 Å². The average Bonchev–Trinajstić information content (AvgIpc) is 2.91. The lowest BCUT2D eigenvalue weighted by Gasteiger charge is -2.16. The summed E-state index contributed by atoms with van der Waals surface area (Å²) < 4.78 is 5.30. The normalized spacial score (nSPS) is 11.8. The van der Waals surface area contributed by atoms with Gasteiger partial charge in [0.25, 0.3) is 0 Å². The molecule has 2 rings (SSSR count). The summed E-state index contributed by atoms with van der Waals surface area (Å²) in [4.78, 5) is 0. The molecule has 0 fully saturated rings. The first-order chi connectivity index (χ1) is 9.19. The summed E-state index contributed by atoms with van der Waals surface area (Å²) in [5, 5.41) is 12.4. The Balaban J connectivity index is 1.95. The molecule has 0 aliphatic heterocycles. The van der Waals surface area contributed by atoms with Crippen molar-refractivity contribution < 1.29 is 4.42 Å². The molecule has 1 heterocycles. The third-order valence-corrected chi connectivity index (χ3v) is 2.97. The maximum absolute atomic E-state index is 9.08. The number of furan rings is 1. The number of nitrogens with one attached hydrogen (secondary N) is 1. The quantitative estimate of drug-likeness (QED) is 0.805. The Bertz CT molecular complexity index is 570. The van der Waals surface area contributed by atoms with E-state index < -0.39 is 0 Å². The van der Waals surface area contributed by atoms with E-state index in [2.05, 4.69) is 18.3 Å². The van der Waals surface area contributed by atoms with Gasteiger partial charge >= 0.3 is 0 Å². The fourth-order valence-electron chi connectivity index (χ4n) is 1.93. The van der Waals surface area contributed by atoms with Gasteiger partial charge in [-0.25, -0.2) is 0 Å². The minimum absolute atomic E-state index is 0.251. The predicted molar refractivity (Wildman–Crippen MR) is 75.7 cm³/mol. The van der Waals surface area contributed by atoms with Crippen LogP contribution in [0.1, 0.15) is 24.7 Å². The van der Waals surface area contributed by atoms with Crippen molar-refractivity contribution >= 4 is 11.4 Å². The van der Waals surface area contributed by atoms with Crippen molar-refractivity contribution in [2.45, 2.75) is 25.8 Å². The summed E-state index contributed by atoms with van der Waals surface area (Å²) in [6.45, 7) is 2.08. The minimum Gasteiger partial charge on any atom is -0.469 e. The average molecular weight is 255 g/mol. The van der Waals surface area contributed by atoms with Crippen LogP contribution in [0, 0.1) is 11.3 Å². The van der Waals surface area contributed by atoms with E-state index in [9.17, 15) is 0 Å². The highest BCUT2D eigenvalue weighted by atomic mass is 16.3. The number of benzene rings is 1. The number of rotatable bonds is 5. The second-order valence-electron chi connectivity index (χ2n) is 4.58. The zero-order valence-corrected chi connectivity index (χ0v) is 10.9. The monoisotopic (exact) mass is 255 g/mol. The molecule has 3 N–H and O–H groups in total. The molecule has 0 amide bonds. The molecular formula is C15H17N3O. The first-order valence-electron chi connectivity index (χ1n) is 6.27. The Labute approximate surface area is 112 Å². The zero-order chi connectivity index (χ0) is 13.7. The van der Waals surface area contributed by atoms with E-state index in [1.54, 1.807) is 18.4 Å². The Hall–Kier alpha value is -2.41. The van der Waals surface area contributed by atoms with Gasteiger partial charge in [0, 0.05) is 18.2 Å². The smallest absolute Gasteiger partial charge is 0.103 e. The van der Waals surface area contributed by atoms with E-state index in [0.29, 0.717) is 11.3 Å². The summed E-state index contributed by atoms with van der Waals surface area (Å²) in [7, 11) is 0. The Morgan fingerprint density at radius 1 is 1.42 bits per heavy atom. The van der Waals surface area contributed by atoms with Crippen LogP contribution < -0.4 is 11.1 Å². The standard InChI is InChI=1S/C15H17N3O/c1-11(4-6-14-3-2-8-19-14)18-15-7-5-13(17)9-12(15)10-16/h2-3,5,7-9,11,18H,4,6,17H2,1H3. The highest BCUT2D eigenvalue weighted by Crippen LogP contribution is 2.19. The molecule has 19 heavy (non-hydrogen) atoms. The van der Waals surface area contributed by atoms with Gasteiger partial charge in [0.05, 0.1) is 17.5 Å². The van der Waals surface area contributed by atoms with Gasteiger partial charge in [-0.2, -0.15) is 5.26 Å². The van der Waals surface area contributed by atoms with Gasteiger partial charge < -0.3 is 15.5 Å². The van der Waals surface area contributed by atoms with Gasteiger partial charge in [0.15, 0.2) is 0 Å². The molecule has 4 nitrogen and oxygen atoms in total. The van der Waals surface area contributed by atoms with Crippen LogP contribution in [0.25, 0.3) is 0 Å². The number of nitrogens with two attached hydrogens (primary N) is 1. The summed E-state index contributed by atoms with van der Waals surface area (Å²) in [6.07, 6.45) is 3.49. The third kappa shape index (κ3) is 3.52. The highest BCUT2D eigenvalue weighted by molar-refractivity contribution is 5.63. The summed E-state index contributed by atoms with van der Waals surface area (Å²) in [5.41, 5.74) is 7.66. The van der Waals surface area contributed by atoms with E-state index in [1.165, 1.54) is 0 Å². The molecule has 0 radical (unpaired) electrons. The molecule has 1 unspecified atom stereocenters. The summed E-state index contributed by atoms with van der Waals surface area (Å²) in [6, 6.07) is 11.6. The number of anilines is 2. The van der Waals surface area contributed by atoms with E-state index in [1.807, 2.05) is 18.2 Å². The Morgan fingerprint density at radius 3 is 2.95 bits per heavy atom. The first kappa shape index (κ1) is 13.0. The number of hydrogen-bond donors (Lipinski definition) is 2. The number of aryl methyl sites for hydroxylation is 1. The molecular weight excluding hydrogens is 238 g/mol. The van der Waals surface area contributed by atoms with Crippen LogP contribution in [-0.2, 0) is 6.42 Å². The molecule has 0 spiro atoms. The maximum atomic E-state index is 9.08. The molecule has 0 saturated heterocycles.